The topological polar surface area (TPSA) is 57.0 Å². The van der Waals surface area contributed by atoms with Crippen molar-refractivity contribution in [1.29, 1.82) is 0 Å². The van der Waals surface area contributed by atoms with Crippen LogP contribution in [0.3, 0.4) is 0 Å². The van der Waals surface area contributed by atoms with Crippen LogP contribution in [0.5, 0.6) is 5.75 Å². The number of quaternary nitrogens is 1. The summed E-state index contributed by atoms with van der Waals surface area (Å²) in [5, 5.41) is 12.5. The van der Waals surface area contributed by atoms with E-state index in [0.717, 1.165) is 44.7 Å². The van der Waals surface area contributed by atoms with Crippen molar-refractivity contribution in [2.45, 2.75) is 25.8 Å². The van der Waals surface area contributed by atoms with Gasteiger partial charge in [0.15, 0.2) is 6.54 Å². The molecule has 0 bridgehead atoms. The molecule has 1 atom stereocenters. The molecule has 1 amide bonds. The summed E-state index contributed by atoms with van der Waals surface area (Å²) in [7, 11) is 0. The first-order valence-corrected chi connectivity index (χ1v) is 9.81. The summed E-state index contributed by atoms with van der Waals surface area (Å²) in [6.45, 7) is 6.38. The van der Waals surface area contributed by atoms with Crippen molar-refractivity contribution in [3.05, 3.63) is 60.2 Å². The molecule has 1 aliphatic heterocycles. The quantitative estimate of drug-likeness (QED) is 0.689. The molecule has 1 saturated heterocycles. The van der Waals surface area contributed by atoms with Gasteiger partial charge in [-0.25, -0.2) is 0 Å². The highest BCUT2D eigenvalue weighted by Crippen LogP contribution is 2.18. The van der Waals surface area contributed by atoms with Crippen molar-refractivity contribution in [2.24, 2.45) is 0 Å². The first kappa shape index (κ1) is 19.2. The van der Waals surface area contributed by atoms with Gasteiger partial charge in [-0.05, 0) is 49.6 Å². The van der Waals surface area contributed by atoms with Crippen molar-refractivity contribution in [1.82, 2.24) is 5.32 Å². The van der Waals surface area contributed by atoms with Crippen LogP contribution >= 0.6 is 0 Å². The zero-order chi connectivity index (χ0) is 19.1. The summed E-state index contributed by atoms with van der Waals surface area (Å²) in [6, 6.07) is 17.9. The minimum absolute atomic E-state index is 0.142. The van der Waals surface area contributed by atoms with Gasteiger partial charge >= 0.3 is 0 Å². The molecular formula is C22H30N3O2+. The van der Waals surface area contributed by atoms with Gasteiger partial charge in [0.05, 0.1) is 26.2 Å². The Morgan fingerprint density at radius 2 is 1.78 bits per heavy atom. The second-order valence-corrected chi connectivity index (χ2v) is 7.42. The van der Waals surface area contributed by atoms with Gasteiger partial charge in [-0.15, -0.1) is 0 Å². The maximum atomic E-state index is 12.3. The Hall–Kier alpha value is -2.53. The number of aromatic hydroxyl groups is 1. The average molecular weight is 369 g/mol. The minimum Gasteiger partial charge on any atom is -0.508 e. The SMILES string of the molecule is C[C@H](CCc1ccccc1)NC(=O)C[NH+]1CCN(c2ccc(O)cc2)CC1. The molecule has 2 aromatic carbocycles. The lowest BCUT2D eigenvalue weighted by atomic mass is 10.1. The second kappa shape index (κ2) is 9.42. The summed E-state index contributed by atoms with van der Waals surface area (Å²) in [4.78, 5) is 16.0. The van der Waals surface area contributed by atoms with Crippen LogP contribution in [0.4, 0.5) is 5.69 Å². The zero-order valence-corrected chi connectivity index (χ0v) is 16.0. The molecule has 0 unspecified atom stereocenters. The number of benzene rings is 2. The van der Waals surface area contributed by atoms with Crippen LogP contribution in [0.25, 0.3) is 0 Å². The Labute approximate surface area is 161 Å². The van der Waals surface area contributed by atoms with E-state index in [-0.39, 0.29) is 11.9 Å². The Kier molecular flexibility index (Phi) is 6.71. The molecule has 27 heavy (non-hydrogen) atoms. The average Bonchev–Trinajstić information content (AvgIpc) is 2.68. The van der Waals surface area contributed by atoms with Crippen molar-refractivity contribution in [2.75, 3.05) is 37.6 Å². The fraction of sp³-hybridized carbons (Fsp3) is 0.409. The van der Waals surface area contributed by atoms with Gasteiger partial charge in [-0.1, -0.05) is 30.3 Å². The van der Waals surface area contributed by atoms with Crippen LogP contribution < -0.4 is 15.1 Å². The smallest absolute Gasteiger partial charge is 0.275 e. The second-order valence-electron chi connectivity index (χ2n) is 7.42. The molecule has 0 aliphatic carbocycles. The van der Waals surface area contributed by atoms with Gasteiger partial charge in [-0.2, -0.15) is 0 Å². The van der Waals surface area contributed by atoms with E-state index in [2.05, 4.69) is 41.4 Å². The van der Waals surface area contributed by atoms with E-state index < -0.39 is 0 Å². The fourth-order valence-corrected chi connectivity index (χ4v) is 3.57. The summed E-state index contributed by atoms with van der Waals surface area (Å²) >= 11 is 0. The van der Waals surface area contributed by atoms with Crippen LogP contribution in [0.1, 0.15) is 18.9 Å². The summed E-state index contributed by atoms with van der Waals surface area (Å²) in [6.07, 6.45) is 1.94. The number of nitrogens with one attached hydrogen (secondary N) is 2. The molecular weight excluding hydrogens is 338 g/mol. The highest BCUT2D eigenvalue weighted by Gasteiger charge is 2.22. The van der Waals surface area contributed by atoms with E-state index in [9.17, 15) is 9.90 Å². The van der Waals surface area contributed by atoms with Crippen molar-refractivity contribution >= 4 is 11.6 Å². The third-order valence-electron chi connectivity index (χ3n) is 5.21. The van der Waals surface area contributed by atoms with Crippen molar-refractivity contribution < 1.29 is 14.8 Å². The number of aryl methyl sites for hydroxylation is 1. The number of amides is 1. The number of hydrogen-bond acceptors (Lipinski definition) is 3. The molecule has 0 spiro atoms. The van der Waals surface area contributed by atoms with Gasteiger partial charge in [-0.3, -0.25) is 4.79 Å². The number of phenols is 1. The maximum absolute atomic E-state index is 12.3. The molecule has 2 aromatic rings. The molecule has 5 nitrogen and oxygen atoms in total. The summed E-state index contributed by atoms with van der Waals surface area (Å²) in [5.41, 5.74) is 2.44. The largest absolute Gasteiger partial charge is 0.508 e. The Morgan fingerprint density at radius 1 is 1.11 bits per heavy atom. The molecule has 0 radical (unpaired) electrons. The first-order valence-electron chi connectivity index (χ1n) is 9.81. The van der Waals surface area contributed by atoms with Crippen molar-refractivity contribution in [3.8, 4) is 5.75 Å². The van der Waals surface area contributed by atoms with E-state index in [4.69, 9.17) is 0 Å². The van der Waals surface area contributed by atoms with Gasteiger partial charge in [0, 0.05) is 11.7 Å². The number of carbonyl (C=O) groups is 1. The highest BCUT2D eigenvalue weighted by molar-refractivity contribution is 5.77. The van der Waals surface area contributed by atoms with Crippen LogP contribution in [0.2, 0.25) is 0 Å². The predicted molar refractivity (Wildman–Crippen MR) is 108 cm³/mol. The lowest BCUT2D eigenvalue weighted by Crippen LogP contribution is -3.16. The molecule has 1 fully saturated rings. The van der Waals surface area contributed by atoms with Gasteiger partial charge in [0.2, 0.25) is 0 Å². The summed E-state index contributed by atoms with van der Waals surface area (Å²) < 4.78 is 0. The normalized spacial score (nSPS) is 16.1. The number of piperazine rings is 1. The van der Waals surface area contributed by atoms with Crippen LogP contribution in [-0.2, 0) is 11.2 Å². The third kappa shape index (κ3) is 6.00. The number of carbonyl (C=O) groups excluding carboxylic acids is 1. The van der Waals surface area contributed by atoms with Gasteiger partial charge in [0.1, 0.15) is 5.75 Å². The first-order chi connectivity index (χ1) is 13.1. The van der Waals surface area contributed by atoms with E-state index >= 15 is 0 Å². The maximum Gasteiger partial charge on any atom is 0.275 e. The number of rotatable bonds is 7. The summed E-state index contributed by atoms with van der Waals surface area (Å²) in [5.74, 6) is 0.435. The molecule has 0 saturated carbocycles. The molecule has 144 valence electrons. The fourth-order valence-electron chi connectivity index (χ4n) is 3.57. The third-order valence-corrected chi connectivity index (χ3v) is 5.21. The van der Waals surface area contributed by atoms with Crippen LogP contribution in [-0.4, -0.2) is 49.8 Å². The molecule has 1 heterocycles. The van der Waals surface area contributed by atoms with Crippen LogP contribution in [0, 0.1) is 0 Å². The standard InChI is InChI=1S/C22H29N3O2/c1-18(7-8-19-5-3-2-4-6-19)23-22(27)17-24-13-15-25(16-14-24)20-9-11-21(26)12-10-20/h2-6,9-12,18,26H,7-8,13-17H2,1H3,(H,23,27)/p+1/t18-/m1/s1. The number of hydrogen-bond donors (Lipinski definition) is 3. The van der Waals surface area contributed by atoms with E-state index in [1.54, 1.807) is 12.1 Å². The predicted octanol–water partition coefficient (Wildman–Crippen LogP) is 1.23. The van der Waals surface area contributed by atoms with Gasteiger partial charge < -0.3 is 20.2 Å². The number of phenolic OH excluding ortho intramolecular Hbond substituents is 1. The molecule has 5 heteroatoms. The van der Waals surface area contributed by atoms with Crippen molar-refractivity contribution in [3.63, 3.8) is 0 Å². The number of nitrogens with zero attached hydrogens (tertiary/aromatic N) is 1. The molecule has 1 aliphatic rings. The Morgan fingerprint density at radius 3 is 2.44 bits per heavy atom. The minimum atomic E-state index is 0.142. The molecule has 3 rings (SSSR count). The zero-order valence-electron chi connectivity index (χ0n) is 16.0. The highest BCUT2D eigenvalue weighted by atomic mass is 16.3. The Bertz CT molecular complexity index is 710. The van der Waals surface area contributed by atoms with Crippen LogP contribution in [0.15, 0.2) is 54.6 Å². The molecule has 0 aromatic heterocycles. The number of anilines is 1. The van der Waals surface area contributed by atoms with E-state index in [1.807, 2.05) is 18.2 Å². The van der Waals surface area contributed by atoms with E-state index in [1.165, 1.54) is 10.5 Å². The van der Waals surface area contributed by atoms with E-state index in [0.29, 0.717) is 12.3 Å². The monoisotopic (exact) mass is 368 g/mol. The molecule has 3 N–H and O–H groups in total. The Balaban J connectivity index is 1.37. The lowest BCUT2D eigenvalue weighted by molar-refractivity contribution is -0.892. The lowest BCUT2D eigenvalue weighted by Gasteiger charge is -2.33. The van der Waals surface area contributed by atoms with Gasteiger partial charge in [0.25, 0.3) is 5.91 Å².